The van der Waals surface area contributed by atoms with Gasteiger partial charge in [0.15, 0.2) is 0 Å². The molecule has 4 nitrogen and oxygen atoms in total. The molecule has 0 spiro atoms. The molecule has 1 atom stereocenters. The molecule has 0 bridgehead atoms. The molecule has 0 aromatic carbocycles. The average molecular weight is 289 g/mol. The van der Waals surface area contributed by atoms with E-state index in [0.717, 1.165) is 19.3 Å². The van der Waals surface area contributed by atoms with Crippen molar-refractivity contribution in [1.29, 1.82) is 0 Å². The molecule has 112 valence electrons. The molecule has 0 aliphatic carbocycles. The number of anilines is 1. The van der Waals surface area contributed by atoms with Gasteiger partial charge in [0.25, 0.3) is 5.56 Å². The van der Waals surface area contributed by atoms with Crippen LogP contribution in [0.4, 0.5) is 19.1 Å². The van der Waals surface area contributed by atoms with Crippen LogP contribution in [0.5, 0.6) is 0 Å². The van der Waals surface area contributed by atoms with Gasteiger partial charge in [0.05, 0.1) is 0 Å². The van der Waals surface area contributed by atoms with Gasteiger partial charge in [-0.15, -0.1) is 0 Å². The number of aromatic nitrogens is 2. The first-order chi connectivity index (χ1) is 9.41. The van der Waals surface area contributed by atoms with Crippen LogP contribution in [0.25, 0.3) is 0 Å². The van der Waals surface area contributed by atoms with Crippen LogP contribution in [0, 0.1) is 0 Å². The van der Waals surface area contributed by atoms with E-state index < -0.39 is 12.2 Å². The molecular formula is C13H18F3N3O. The Bertz CT molecular complexity index is 525. The molecule has 0 fully saturated rings. The van der Waals surface area contributed by atoms with Crippen molar-refractivity contribution in [3.63, 3.8) is 0 Å². The fourth-order valence-electron chi connectivity index (χ4n) is 2.30. The number of unbranched alkanes of at least 4 members (excludes halogenated alkanes) is 2. The highest BCUT2D eigenvalue weighted by Crippen LogP contribution is 2.28. The minimum atomic E-state index is -4.32. The summed E-state index contributed by atoms with van der Waals surface area (Å²) < 4.78 is 39.4. The van der Waals surface area contributed by atoms with Gasteiger partial charge in [-0.25, -0.2) is 4.98 Å². The summed E-state index contributed by atoms with van der Waals surface area (Å²) in [6.07, 6.45) is -0.907. The van der Waals surface area contributed by atoms with Crippen LogP contribution in [0.1, 0.15) is 38.3 Å². The van der Waals surface area contributed by atoms with Crippen molar-refractivity contribution < 1.29 is 13.2 Å². The summed E-state index contributed by atoms with van der Waals surface area (Å²) in [6.45, 7) is 2.11. The molecule has 0 amide bonds. The maximum Gasteiger partial charge on any atom is 0.408 e. The molecule has 1 aromatic heterocycles. The predicted octanol–water partition coefficient (Wildman–Crippen LogP) is 2.72. The Hall–Kier alpha value is -1.53. The number of rotatable bonds is 4. The molecule has 1 aliphatic heterocycles. The van der Waals surface area contributed by atoms with Crippen LogP contribution in [-0.2, 0) is 13.0 Å². The summed E-state index contributed by atoms with van der Waals surface area (Å²) in [5.74, 6) is 0.0394. The maximum absolute atomic E-state index is 12.7. The zero-order valence-corrected chi connectivity index (χ0v) is 11.3. The molecule has 1 unspecified atom stereocenters. The van der Waals surface area contributed by atoms with Gasteiger partial charge in [-0.1, -0.05) is 19.8 Å². The third kappa shape index (κ3) is 3.32. The third-order valence-electron chi connectivity index (χ3n) is 3.44. The van der Waals surface area contributed by atoms with E-state index in [9.17, 15) is 18.0 Å². The van der Waals surface area contributed by atoms with Crippen molar-refractivity contribution in [2.45, 2.75) is 57.8 Å². The topological polar surface area (TPSA) is 46.9 Å². The fraction of sp³-hybridized carbons (Fsp3) is 0.692. The Labute approximate surface area is 115 Å². The van der Waals surface area contributed by atoms with E-state index in [1.807, 2.05) is 0 Å². The number of hydrogen-bond acceptors (Lipinski definition) is 3. The predicted molar refractivity (Wildman–Crippen MR) is 69.8 cm³/mol. The zero-order chi connectivity index (χ0) is 14.8. The molecule has 1 N–H and O–H groups in total. The van der Waals surface area contributed by atoms with Gasteiger partial charge in [-0.05, 0) is 19.3 Å². The lowest BCUT2D eigenvalue weighted by Crippen LogP contribution is -2.44. The van der Waals surface area contributed by atoms with E-state index >= 15 is 0 Å². The summed E-state index contributed by atoms with van der Waals surface area (Å²) in [7, 11) is 0. The van der Waals surface area contributed by atoms with Crippen LogP contribution in [-0.4, -0.2) is 21.8 Å². The Balaban J connectivity index is 2.19. The lowest BCUT2D eigenvalue weighted by molar-refractivity contribution is -0.145. The number of nitrogens with one attached hydrogen (secondary N) is 1. The van der Waals surface area contributed by atoms with Crippen molar-refractivity contribution in [1.82, 2.24) is 9.55 Å². The molecule has 1 aliphatic rings. The first-order valence-electron chi connectivity index (χ1n) is 6.86. The van der Waals surface area contributed by atoms with E-state index in [4.69, 9.17) is 0 Å². The van der Waals surface area contributed by atoms with Crippen LogP contribution in [0.15, 0.2) is 10.9 Å². The second-order valence-corrected chi connectivity index (χ2v) is 5.05. The first kappa shape index (κ1) is 14.9. The Morgan fingerprint density at radius 2 is 2.20 bits per heavy atom. The molecule has 0 saturated carbocycles. The molecule has 0 radical (unpaired) electrons. The molecule has 2 heterocycles. The van der Waals surface area contributed by atoms with Crippen molar-refractivity contribution in [3.8, 4) is 0 Å². The van der Waals surface area contributed by atoms with Gasteiger partial charge >= 0.3 is 6.18 Å². The summed E-state index contributed by atoms with van der Waals surface area (Å²) in [6, 6.07) is -0.199. The van der Waals surface area contributed by atoms with Gasteiger partial charge < -0.3 is 5.32 Å². The Morgan fingerprint density at radius 1 is 1.45 bits per heavy atom. The Morgan fingerprint density at radius 3 is 2.85 bits per heavy atom. The minimum absolute atomic E-state index is 0.0394. The molecule has 2 rings (SSSR count). The van der Waals surface area contributed by atoms with Crippen LogP contribution < -0.4 is 10.9 Å². The van der Waals surface area contributed by atoms with E-state index in [2.05, 4.69) is 17.2 Å². The van der Waals surface area contributed by atoms with Gasteiger partial charge in [0, 0.05) is 18.3 Å². The average Bonchev–Trinajstić information content (AvgIpc) is 2.37. The number of halogens is 3. The maximum atomic E-state index is 12.7. The van der Waals surface area contributed by atoms with Crippen molar-refractivity contribution >= 4 is 5.95 Å². The fourth-order valence-corrected chi connectivity index (χ4v) is 2.30. The second kappa shape index (κ2) is 5.85. The Kier molecular flexibility index (Phi) is 4.35. The van der Waals surface area contributed by atoms with E-state index in [0.29, 0.717) is 12.1 Å². The monoisotopic (exact) mass is 289 g/mol. The molecule has 20 heavy (non-hydrogen) atoms. The van der Waals surface area contributed by atoms with Crippen LogP contribution >= 0.6 is 0 Å². The number of aryl methyl sites for hydroxylation is 1. The largest absolute Gasteiger partial charge is 0.408 e. The van der Waals surface area contributed by atoms with Gasteiger partial charge in [-0.2, -0.15) is 13.2 Å². The van der Waals surface area contributed by atoms with Crippen LogP contribution in [0.2, 0.25) is 0 Å². The van der Waals surface area contributed by atoms with Crippen molar-refractivity contribution in [2.75, 3.05) is 5.32 Å². The summed E-state index contributed by atoms with van der Waals surface area (Å²) in [5.41, 5.74) is 0.277. The molecule has 7 heteroatoms. The minimum Gasteiger partial charge on any atom is -0.344 e. The highest BCUT2D eigenvalue weighted by Gasteiger charge is 2.41. The highest BCUT2D eigenvalue weighted by atomic mass is 19.4. The highest BCUT2D eigenvalue weighted by molar-refractivity contribution is 5.32. The number of fused-ring (bicyclic) bond motifs is 1. The number of alkyl halides is 3. The van der Waals surface area contributed by atoms with Crippen LogP contribution in [0.3, 0.4) is 0 Å². The van der Waals surface area contributed by atoms with E-state index in [1.165, 1.54) is 10.6 Å². The summed E-state index contributed by atoms with van der Waals surface area (Å²) >= 11 is 0. The number of hydrogen-bond donors (Lipinski definition) is 1. The second-order valence-electron chi connectivity index (χ2n) is 5.05. The van der Waals surface area contributed by atoms with E-state index in [1.54, 1.807) is 0 Å². The lowest BCUT2D eigenvalue weighted by Gasteiger charge is -2.28. The normalized spacial score (nSPS) is 18.5. The third-order valence-corrected chi connectivity index (χ3v) is 3.44. The van der Waals surface area contributed by atoms with Crippen molar-refractivity contribution in [2.24, 2.45) is 0 Å². The van der Waals surface area contributed by atoms with Gasteiger partial charge in [-0.3, -0.25) is 9.36 Å². The molecule has 1 aromatic rings. The summed E-state index contributed by atoms with van der Waals surface area (Å²) in [4.78, 5) is 16.0. The summed E-state index contributed by atoms with van der Waals surface area (Å²) in [5, 5.41) is 2.34. The molecule has 0 saturated heterocycles. The zero-order valence-electron chi connectivity index (χ0n) is 11.3. The SMILES string of the molecule is CCCCCc1cc(=O)n2c(n1)NC(C(F)(F)F)CC2. The number of nitrogens with zero attached hydrogens (tertiary/aromatic N) is 2. The first-order valence-corrected chi connectivity index (χ1v) is 6.86. The van der Waals surface area contributed by atoms with Crippen molar-refractivity contribution in [3.05, 3.63) is 22.1 Å². The molecular weight excluding hydrogens is 271 g/mol. The van der Waals surface area contributed by atoms with Gasteiger partial charge in [0.2, 0.25) is 5.95 Å². The smallest absolute Gasteiger partial charge is 0.344 e. The van der Waals surface area contributed by atoms with E-state index in [-0.39, 0.29) is 24.5 Å². The lowest BCUT2D eigenvalue weighted by atomic mass is 10.1. The quantitative estimate of drug-likeness (QED) is 0.867. The standard InChI is InChI=1S/C13H18F3N3O/c1-2-3-4-5-9-8-11(20)19-7-6-10(13(14,15)16)18-12(19)17-9/h8,10H,2-7H2,1H3,(H,17,18). The van der Waals surface area contributed by atoms with Gasteiger partial charge in [0.1, 0.15) is 6.04 Å².